The number of nitrogens with zero attached hydrogens (tertiary/aromatic N) is 2. The van der Waals surface area contributed by atoms with Gasteiger partial charge in [-0.15, -0.1) is 0 Å². The molecule has 0 unspecified atom stereocenters. The molecule has 8 heteroatoms. The number of aromatic nitrogens is 1. The first-order valence-corrected chi connectivity index (χ1v) is 10.1. The van der Waals surface area contributed by atoms with E-state index in [4.69, 9.17) is 14.0 Å². The number of nitrogens with one attached hydrogen (secondary N) is 1. The van der Waals surface area contributed by atoms with Gasteiger partial charge in [0.2, 0.25) is 0 Å². The van der Waals surface area contributed by atoms with Gasteiger partial charge in [0.25, 0.3) is 5.91 Å². The zero-order valence-electron chi connectivity index (χ0n) is 17.1. The fraction of sp³-hybridized carbons (Fsp3) is 0.261. The average Bonchev–Trinajstić information content (AvgIpc) is 3.26. The fourth-order valence-corrected chi connectivity index (χ4v) is 3.22. The molecule has 1 aromatic heterocycles. The zero-order valence-corrected chi connectivity index (χ0v) is 17.1. The zero-order chi connectivity index (χ0) is 21.6. The summed E-state index contributed by atoms with van der Waals surface area (Å²) in [4.78, 5) is 26.1. The molecule has 1 saturated heterocycles. The molecule has 1 fully saturated rings. The van der Waals surface area contributed by atoms with E-state index in [1.165, 1.54) is 0 Å². The molecule has 4 rings (SSSR count). The van der Waals surface area contributed by atoms with Crippen LogP contribution in [0.15, 0.2) is 65.2 Å². The molecule has 8 nitrogen and oxygen atoms in total. The van der Waals surface area contributed by atoms with Crippen LogP contribution in [0, 0.1) is 0 Å². The van der Waals surface area contributed by atoms with Crippen LogP contribution in [0.4, 0.5) is 4.79 Å². The minimum absolute atomic E-state index is 0.148. The first-order chi connectivity index (χ1) is 15.1. The Morgan fingerprint density at radius 1 is 1.13 bits per heavy atom. The predicted molar refractivity (Wildman–Crippen MR) is 113 cm³/mol. The molecule has 2 amide bonds. The molecule has 1 N–H and O–H groups in total. The summed E-state index contributed by atoms with van der Waals surface area (Å²) in [6.07, 6.45) is -0.500. The van der Waals surface area contributed by atoms with Crippen LogP contribution in [0.3, 0.4) is 0 Å². The standard InChI is InChI=1S/C23H23N3O5/c1-2-29-19-10-8-17(9-11-19)21-12-20(25-31-21)22(27)26-13-18(14-26)24-23(28)30-15-16-6-4-3-5-7-16/h3-12,18H,2,13-15H2,1H3,(H,24,28). The van der Waals surface area contributed by atoms with Crippen molar-refractivity contribution in [3.05, 3.63) is 71.9 Å². The van der Waals surface area contributed by atoms with Crippen LogP contribution in [-0.4, -0.2) is 47.8 Å². The second-order valence-electron chi connectivity index (χ2n) is 7.15. The summed E-state index contributed by atoms with van der Waals surface area (Å²) in [5, 5.41) is 6.65. The summed E-state index contributed by atoms with van der Waals surface area (Å²) in [5.74, 6) is 1.03. The van der Waals surface area contributed by atoms with Crippen LogP contribution in [0.2, 0.25) is 0 Å². The van der Waals surface area contributed by atoms with Gasteiger partial charge in [-0.05, 0) is 36.8 Å². The van der Waals surface area contributed by atoms with Crippen molar-refractivity contribution in [1.82, 2.24) is 15.4 Å². The molecule has 2 heterocycles. The Bertz CT molecular complexity index is 1030. The topological polar surface area (TPSA) is 93.9 Å². The van der Waals surface area contributed by atoms with Crippen LogP contribution >= 0.6 is 0 Å². The molecule has 31 heavy (non-hydrogen) atoms. The minimum Gasteiger partial charge on any atom is -0.494 e. The Hall–Kier alpha value is -3.81. The van der Waals surface area contributed by atoms with Gasteiger partial charge in [-0.2, -0.15) is 0 Å². The van der Waals surface area contributed by atoms with Gasteiger partial charge in [-0.3, -0.25) is 4.79 Å². The molecule has 0 bridgehead atoms. The van der Waals surface area contributed by atoms with Gasteiger partial charge in [-0.25, -0.2) is 4.79 Å². The van der Waals surface area contributed by atoms with E-state index >= 15 is 0 Å². The highest BCUT2D eigenvalue weighted by Gasteiger charge is 2.34. The smallest absolute Gasteiger partial charge is 0.407 e. The number of hydrogen-bond donors (Lipinski definition) is 1. The molecule has 1 aliphatic rings. The van der Waals surface area contributed by atoms with Crippen molar-refractivity contribution >= 4 is 12.0 Å². The third kappa shape index (κ3) is 5.03. The summed E-state index contributed by atoms with van der Waals surface area (Å²) in [6.45, 7) is 3.51. The normalized spacial score (nSPS) is 13.4. The molecule has 0 saturated carbocycles. The van der Waals surface area contributed by atoms with Gasteiger partial charge >= 0.3 is 6.09 Å². The molecule has 3 aromatic rings. The molecule has 0 spiro atoms. The lowest BCUT2D eigenvalue weighted by Gasteiger charge is -2.38. The first-order valence-electron chi connectivity index (χ1n) is 10.1. The highest BCUT2D eigenvalue weighted by molar-refractivity contribution is 5.93. The number of amides is 2. The third-order valence-electron chi connectivity index (χ3n) is 4.88. The van der Waals surface area contributed by atoms with Gasteiger partial charge < -0.3 is 24.2 Å². The summed E-state index contributed by atoms with van der Waals surface area (Å²) in [7, 11) is 0. The maximum absolute atomic E-state index is 12.6. The first kappa shape index (κ1) is 20.5. The molecular formula is C23H23N3O5. The number of ether oxygens (including phenoxy) is 2. The molecule has 0 aliphatic carbocycles. The highest BCUT2D eigenvalue weighted by atomic mass is 16.5. The van der Waals surface area contributed by atoms with E-state index in [0.717, 1.165) is 16.9 Å². The monoisotopic (exact) mass is 421 g/mol. The fourth-order valence-electron chi connectivity index (χ4n) is 3.22. The van der Waals surface area contributed by atoms with E-state index in [1.54, 1.807) is 11.0 Å². The van der Waals surface area contributed by atoms with Crippen molar-refractivity contribution in [2.45, 2.75) is 19.6 Å². The van der Waals surface area contributed by atoms with Crippen LogP contribution in [0.25, 0.3) is 11.3 Å². The second kappa shape index (κ2) is 9.34. The van der Waals surface area contributed by atoms with Gasteiger partial charge in [0.05, 0.1) is 12.6 Å². The average molecular weight is 421 g/mol. The molecule has 0 radical (unpaired) electrons. The summed E-state index contributed by atoms with van der Waals surface area (Å²) >= 11 is 0. The quantitative estimate of drug-likeness (QED) is 0.628. The van der Waals surface area contributed by atoms with Gasteiger partial charge in [-0.1, -0.05) is 35.5 Å². The summed E-state index contributed by atoms with van der Waals surface area (Å²) < 4.78 is 16.0. The van der Waals surface area contributed by atoms with E-state index in [9.17, 15) is 9.59 Å². The number of alkyl carbamates (subject to hydrolysis) is 1. The van der Waals surface area contributed by atoms with Crippen molar-refractivity contribution in [2.75, 3.05) is 19.7 Å². The largest absolute Gasteiger partial charge is 0.494 e. The molecule has 0 atom stereocenters. The maximum atomic E-state index is 12.6. The second-order valence-corrected chi connectivity index (χ2v) is 7.15. The number of hydrogen-bond acceptors (Lipinski definition) is 6. The van der Waals surface area contributed by atoms with E-state index in [0.29, 0.717) is 25.5 Å². The molecular weight excluding hydrogens is 398 g/mol. The Morgan fingerprint density at radius 3 is 2.58 bits per heavy atom. The Labute approximate surface area is 179 Å². The van der Waals surface area contributed by atoms with Crippen LogP contribution in [0.1, 0.15) is 23.0 Å². The lowest BCUT2D eigenvalue weighted by Crippen LogP contribution is -2.61. The van der Waals surface area contributed by atoms with Gasteiger partial charge in [0.15, 0.2) is 11.5 Å². The summed E-state index contributed by atoms with van der Waals surface area (Å²) in [6, 6.07) is 18.3. The predicted octanol–water partition coefficient (Wildman–Crippen LogP) is 3.49. The lowest BCUT2D eigenvalue weighted by molar-refractivity contribution is 0.0535. The van der Waals surface area contributed by atoms with E-state index in [2.05, 4.69) is 10.5 Å². The molecule has 160 valence electrons. The summed E-state index contributed by atoms with van der Waals surface area (Å²) in [5.41, 5.74) is 1.95. The number of benzene rings is 2. The van der Waals surface area contributed by atoms with Crippen LogP contribution < -0.4 is 10.1 Å². The van der Waals surface area contributed by atoms with Crippen molar-refractivity contribution in [3.63, 3.8) is 0 Å². The number of likely N-dealkylation sites (tertiary alicyclic amines) is 1. The highest BCUT2D eigenvalue weighted by Crippen LogP contribution is 2.24. The number of rotatable bonds is 7. The van der Waals surface area contributed by atoms with E-state index in [-0.39, 0.29) is 24.2 Å². The Balaban J connectivity index is 1.24. The van der Waals surface area contributed by atoms with Crippen molar-refractivity contribution in [2.24, 2.45) is 0 Å². The lowest BCUT2D eigenvalue weighted by atomic mass is 10.1. The van der Waals surface area contributed by atoms with Gasteiger partial charge in [0, 0.05) is 24.7 Å². The molecule has 2 aromatic carbocycles. The van der Waals surface area contributed by atoms with Crippen molar-refractivity contribution < 1.29 is 23.6 Å². The van der Waals surface area contributed by atoms with Gasteiger partial charge in [0.1, 0.15) is 12.4 Å². The van der Waals surface area contributed by atoms with E-state index < -0.39 is 6.09 Å². The Morgan fingerprint density at radius 2 is 1.87 bits per heavy atom. The number of carbonyl (C=O) groups excluding carboxylic acids is 2. The number of carbonyl (C=O) groups is 2. The Kier molecular flexibility index (Phi) is 6.16. The van der Waals surface area contributed by atoms with Crippen molar-refractivity contribution in [3.8, 4) is 17.1 Å². The van der Waals surface area contributed by atoms with E-state index in [1.807, 2.05) is 61.5 Å². The molecule has 1 aliphatic heterocycles. The SMILES string of the molecule is CCOc1ccc(-c2cc(C(=O)N3CC(NC(=O)OCc4ccccc4)C3)no2)cc1. The maximum Gasteiger partial charge on any atom is 0.407 e. The van der Waals surface area contributed by atoms with Crippen LogP contribution in [0.5, 0.6) is 5.75 Å². The minimum atomic E-state index is -0.500. The van der Waals surface area contributed by atoms with Crippen LogP contribution in [-0.2, 0) is 11.3 Å². The van der Waals surface area contributed by atoms with Crippen molar-refractivity contribution in [1.29, 1.82) is 0 Å². The third-order valence-corrected chi connectivity index (χ3v) is 4.88.